The van der Waals surface area contributed by atoms with Crippen molar-refractivity contribution in [1.82, 2.24) is 0 Å². The number of carbonyl (C=O) groups excluding carboxylic acids is 2. The number of hydrogen-bond donors (Lipinski definition) is 0. The van der Waals surface area contributed by atoms with Crippen LogP contribution >= 0.6 is 0 Å². The third-order valence-corrected chi connectivity index (χ3v) is 8.20. The molecular weight excluding hydrogens is 528 g/mol. The van der Waals surface area contributed by atoms with Gasteiger partial charge in [-0.05, 0) is 64.2 Å². The topological polar surface area (TPSA) is 43.4 Å². The quantitative estimate of drug-likeness (QED) is 0.0320. The summed E-state index contributed by atoms with van der Waals surface area (Å²) in [5.74, 6) is -0.128. The molecule has 0 spiro atoms. The summed E-state index contributed by atoms with van der Waals surface area (Å²) < 4.78 is 5.42. The zero-order valence-electron chi connectivity index (χ0n) is 28.7. The van der Waals surface area contributed by atoms with E-state index in [-0.39, 0.29) is 23.1 Å². The Balaban J connectivity index is 3.62. The third-order valence-electron chi connectivity index (χ3n) is 8.20. The van der Waals surface area contributed by atoms with Crippen molar-refractivity contribution in [3.8, 4) is 0 Å². The molecule has 0 saturated carbocycles. The largest absolute Gasteiger partial charge is 0.451 e. The number of hydrogen-bond acceptors (Lipinski definition) is 3. The monoisotopic (exact) mass is 599 g/mol. The second-order valence-electron chi connectivity index (χ2n) is 12.5. The molecule has 3 nitrogen and oxygen atoms in total. The van der Waals surface area contributed by atoms with Crippen molar-refractivity contribution in [1.29, 1.82) is 0 Å². The summed E-state index contributed by atoms with van der Waals surface area (Å²) in [7, 11) is 0. The summed E-state index contributed by atoms with van der Waals surface area (Å²) in [5, 5.41) is 0. The van der Waals surface area contributed by atoms with Gasteiger partial charge in [-0.2, -0.15) is 0 Å². The Kier molecular flexibility index (Phi) is 31.5. The van der Waals surface area contributed by atoms with Crippen molar-refractivity contribution < 1.29 is 14.3 Å². The number of allylic oxidation sites excluding steroid dienone is 6. The molecule has 0 rings (SSSR count). The number of unbranched alkanes of at least 4 members (excludes halogenated alkanes) is 22. The highest BCUT2D eigenvalue weighted by atomic mass is 16.5. The molecule has 0 aliphatic carbocycles. The van der Waals surface area contributed by atoms with Gasteiger partial charge in [0.1, 0.15) is 0 Å². The van der Waals surface area contributed by atoms with Crippen molar-refractivity contribution in [3.05, 3.63) is 49.0 Å². The fourth-order valence-corrected chi connectivity index (χ4v) is 5.25. The van der Waals surface area contributed by atoms with E-state index in [1.54, 1.807) is 0 Å². The summed E-state index contributed by atoms with van der Waals surface area (Å²) >= 11 is 0. The second kappa shape index (κ2) is 33.0. The number of Topliss-reactive ketones (excluding diaryl/α,β-unsaturated/α-hetero) is 2. The van der Waals surface area contributed by atoms with Crippen LogP contribution in [0.4, 0.5) is 0 Å². The molecule has 0 aromatic heterocycles. The molecule has 0 aliphatic heterocycles. The number of ketones is 2. The van der Waals surface area contributed by atoms with Crippen molar-refractivity contribution in [2.45, 2.75) is 194 Å². The van der Waals surface area contributed by atoms with E-state index >= 15 is 0 Å². The highest BCUT2D eigenvalue weighted by Crippen LogP contribution is 2.16. The van der Waals surface area contributed by atoms with Crippen molar-refractivity contribution in [2.24, 2.45) is 0 Å². The molecular formula is C40H70O3. The van der Waals surface area contributed by atoms with Crippen LogP contribution in [0.1, 0.15) is 194 Å². The van der Waals surface area contributed by atoms with Gasteiger partial charge >= 0.3 is 0 Å². The first-order valence-corrected chi connectivity index (χ1v) is 18.4. The van der Waals surface area contributed by atoms with Gasteiger partial charge < -0.3 is 4.74 Å². The predicted octanol–water partition coefficient (Wildman–Crippen LogP) is 13.2. The molecule has 0 heterocycles. The minimum atomic E-state index is -0.118. The van der Waals surface area contributed by atoms with Crippen molar-refractivity contribution in [3.63, 3.8) is 0 Å². The van der Waals surface area contributed by atoms with E-state index in [1.165, 1.54) is 116 Å². The normalized spacial score (nSPS) is 11.5. The summed E-state index contributed by atoms with van der Waals surface area (Å²) in [6, 6.07) is 0. The molecule has 0 aliphatic rings. The smallest absolute Gasteiger partial charge is 0.197 e. The summed E-state index contributed by atoms with van der Waals surface area (Å²) in [5.41, 5.74) is 0. The Morgan fingerprint density at radius 3 is 0.977 bits per heavy atom. The minimum absolute atomic E-state index is 0.0541. The first-order chi connectivity index (χ1) is 21.0. The Morgan fingerprint density at radius 1 is 0.419 bits per heavy atom. The average Bonchev–Trinajstić information content (AvgIpc) is 3.00. The molecule has 0 atom stereocenters. The van der Waals surface area contributed by atoms with E-state index in [4.69, 9.17) is 4.74 Å². The summed E-state index contributed by atoms with van der Waals surface area (Å²) in [6.45, 7) is 12.0. The lowest BCUT2D eigenvalue weighted by molar-refractivity contribution is -0.120. The molecule has 0 radical (unpaired) electrons. The maximum atomic E-state index is 12.4. The second-order valence-corrected chi connectivity index (χ2v) is 12.5. The van der Waals surface area contributed by atoms with Gasteiger partial charge in [0.05, 0.1) is 0 Å². The minimum Gasteiger partial charge on any atom is -0.451 e. The van der Waals surface area contributed by atoms with Gasteiger partial charge in [0.2, 0.25) is 0 Å². The molecule has 0 N–H and O–H groups in total. The van der Waals surface area contributed by atoms with Crippen molar-refractivity contribution >= 4 is 11.6 Å². The molecule has 0 aromatic rings. The Bertz CT molecular complexity index is 683. The molecule has 3 heteroatoms. The van der Waals surface area contributed by atoms with Gasteiger partial charge in [0.25, 0.3) is 0 Å². The van der Waals surface area contributed by atoms with Crippen LogP contribution in [0, 0.1) is 0 Å². The Hall–Kier alpha value is -1.90. The highest BCUT2D eigenvalue weighted by Gasteiger charge is 2.14. The SMILES string of the molecule is C=C(OC(=C)C(=O)CCCCCCCC=CCCCCCCCC)C(=O)CCCCCCCC=CCCCCCCCC. The van der Waals surface area contributed by atoms with E-state index in [2.05, 4.69) is 51.3 Å². The summed E-state index contributed by atoms with van der Waals surface area (Å²) in [6.07, 6.45) is 42.2. The average molecular weight is 599 g/mol. The third kappa shape index (κ3) is 29.9. The Morgan fingerprint density at radius 2 is 0.674 bits per heavy atom. The van der Waals surface area contributed by atoms with Crippen LogP contribution in [0.2, 0.25) is 0 Å². The molecule has 0 amide bonds. The van der Waals surface area contributed by atoms with E-state index in [0.29, 0.717) is 12.8 Å². The molecule has 0 fully saturated rings. The lowest BCUT2D eigenvalue weighted by atomic mass is 10.1. The standard InChI is InChI=1S/C40H70O3/c1-5-7-9-11-13-15-17-19-21-23-25-27-29-31-33-35-39(41)37(3)43-38(4)40(42)36-34-32-30-28-26-24-22-20-18-16-14-12-10-8-6-2/h19-22H,3-18,23-36H2,1-2H3. The fourth-order valence-electron chi connectivity index (χ4n) is 5.25. The zero-order valence-corrected chi connectivity index (χ0v) is 28.7. The van der Waals surface area contributed by atoms with Gasteiger partial charge in [0.15, 0.2) is 23.1 Å². The molecule has 248 valence electrons. The van der Waals surface area contributed by atoms with Gasteiger partial charge in [-0.1, -0.05) is 154 Å². The lowest BCUT2D eigenvalue weighted by Gasteiger charge is -2.09. The van der Waals surface area contributed by atoms with E-state index in [1.807, 2.05) is 0 Å². The van der Waals surface area contributed by atoms with Gasteiger partial charge in [-0.3, -0.25) is 9.59 Å². The molecule has 43 heavy (non-hydrogen) atoms. The molecule has 0 saturated heterocycles. The first kappa shape index (κ1) is 41.1. The van der Waals surface area contributed by atoms with Gasteiger partial charge in [0, 0.05) is 12.8 Å². The van der Waals surface area contributed by atoms with Crippen LogP contribution in [0.15, 0.2) is 49.0 Å². The van der Waals surface area contributed by atoms with E-state index in [0.717, 1.165) is 51.4 Å². The number of ether oxygens (including phenoxy) is 1. The Labute approximate surface area is 268 Å². The number of rotatable bonds is 34. The maximum Gasteiger partial charge on any atom is 0.197 e. The number of carbonyl (C=O) groups is 2. The van der Waals surface area contributed by atoms with Gasteiger partial charge in [-0.25, -0.2) is 0 Å². The van der Waals surface area contributed by atoms with Gasteiger partial charge in [-0.15, -0.1) is 0 Å². The molecule has 0 bridgehead atoms. The molecule has 0 aromatic carbocycles. The van der Waals surface area contributed by atoms with E-state index in [9.17, 15) is 9.59 Å². The van der Waals surface area contributed by atoms with E-state index < -0.39 is 0 Å². The van der Waals surface area contributed by atoms with Crippen LogP contribution in [0.3, 0.4) is 0 Å². The van der Waals surface area contributed by atoms with Crippen LogP contribution in [-0.4, -0.2) is 11.6 Å². The first-order valence-electron chi connectivity index (χ1n) is 18.4. The maximum absolute atomic E-state index is 12.4. The van der Waals surface area contributed by atoms with Crippen LogP contribution in [0.5, 0.6) is 0 Å². The van der Waals surface area contributed by atoms with Crippen LogP contribution in [-0.2, 0) is 14.3 Å². The summed E-state index contributed by atoms with van der Waals surface area (Å²) in [4.78, 5) is 24.7. The highest BCUT2D eigenvalue weighted by molar-refractivity contribution is 5.96. The fraction of sp³-hybridized carbons (Fsp3) is 0.750. The zero-order chi connectivity index (χ0) is 31.6. The van der Waals surface area contributed by atoms with Crippen molar-refractivity contribution in [2.75, 3.05) is 0 Å². The lowest BCUT2D eigenvalue weighted by Crippen LogP contribution is -2.10. The van der Waals surface area contributed by atoms with Crippen LogP contribution < -0.4 is 0 Å². The van der Waals surface area contributed by atoms with Crippen LogP contribution in [0.25, 0.3) is 0 Å². The predicted molar refractivity (Wildman–Crippen MR) is 188 cm³/mol. The molecule has 0 unspecified atom stereocenters.